The van der Waals surface area contributed by atoms with Gasteiger partial charge in [-0.2, -0.15) is 0 Å². The van der Waals surface area contributed by atoms with E-state index in [1.165, 1.54) is 6.08 Å². The highest BCUT2D eigenvalue weighted by Gasteiger charge is 2.15. The molecule has 0 unspecified atom stereocenters. The van der Waals surface area contributed by atoms with Crippen molar-refractivity contribution in [2.45, 2.75) is 6.92 Å². The summed E-state index contributed by atoms with van der Waals surface area (Å²) in [7, 11) is 1.56. The molecule has 0 saturated heterocycles. The minimum Gasteiger partial charge on any atom is -0.461 e. The number of nitrogens with one attached hydrogen (secondary N) is 2. The summed E-state index contributed by atoms with van der Waals surface area (Å²) in [5.74, 6) is -0.868. The molecule has 5 nitrogen and oxygen atoms in total. The number of halogens is 1. The molecule has 6 heteroatoms. The number of H-pyrrole nitrogens is 1. The van der Waals surface area contributed by atoms with Crippen LogP contribution in [0.4, 0.5) is 0 Å². The van der Waals surface area contributed by atoms with Gasteiger partial charge in [-0.25, -0.2) is 4.79 Å². The molecule has 0 aliphatic heterocycles. The smallest absolute Gasteiger partial charge is 0.354 e. The standard InChI is InChI=1S/C15H15ClN2O3/c1-3-21-15(20)13(17-2)7-14(19)11-8-18-12-5-4-9(16)6-10(11)12/h4-8,17-18H,3H2,1-2H3/b13-7-. The molecule has 2 N–H and O–H groups in total. The summed E-state index contributed by atoms with van der Waals surface area (Å²) in [6.45, 7) is 1.95. The first-order valence-electron chi connectivity index (χ1n) is 6.44. The highest BCUT2D eigenvalue weighted by molar-refractivity contribution is 6.31. The molecule has 0 radical (unpaired) electrons. The zero-order valence-electron chi connectivity index (χ0n) is 11.7. The third-order valence-electron chi connectivity index (χ3n) is 2.95. The number of allylic oxidation sites excluding steroid dienone is 1. The average molecular weight is 307 g/mol. The monoisotopic (exact) mass is 306 g/mol. The fraction of sp³-hybridized carbons (Fsp3) is 0.200. The van der Waals surface area contributed by atoms with E-state index in [9.17, 15) is 9.59 Å². The van der Waals surface area contributed by atoms with Gasteiger partial charge in [0.1, 0.15) is 5.70 Å². The van der Waals surface area contributed by atoms with Crippen LogP contribution in [0, 0.1) is 0 Å². The zero-order chi connectivity index (χ0) is 15.4. The van der Waals surface area contributed by atoms with Crippen LogP contribution in [0.15, 0.2) is 36.2 Å². The minimum absolute atomic E-state index is 0.109. The van der Waals surface area contributed by atoms with Crippen molar-refractivity contribution < 1.29 is 14.3 Å². The molecule has 0 atom stereocenters. The van der Waals surface area contributed by atoms with Crippen molar-refractivity contribution in [2.75, 3.05) is 13.7 Å². The number of carbonyl (C=O) groups excluding carboxylic acids is 2. The lowest BCUT2D eigenvalue weighted by Gasteiger charge is -2.05. The van der Waals surface area contributed by atoms with Crippen molar-refractivity contribution in [3.63, 3.8) is 0 Å². The van der Waals surface area contributed by atoms with Crippen LogP contribution in [0.25, 0.3) is 10.9 Å². The van der Waals surface area contributed by atoms with Crippen LogP contribution in [0.1, 0.15) is 17.3 Å². The number of aromatic nitrogens is 1. The first-order chi connectivity index (χ1) is 10.1. The number of ether oxygens (including phenoxy) is 1. The Bertz CT molecular complexity index is 719. The number of hydrogen-bond acceptors (Lipinski definition) is 4. The van der Waals surface area contributed by atoms with Crippen LogP contribution in [0.3, 0.4) is 0 Å². The second-order valence-corrected chi connectivity index (χ2v) is 4.72. The van der Waals surface area contributed by atoms with E-state index in [0.29, 0.717) is 16.0 Å². The first kappa shape index (κ1) is 15.1. The van der Waals surface area contributed by atoms with E-state index in [2.05, 4.69) is 10.3 Å². The van der Waals surface area contributed by atoms with Gasteiger partial charge in [0, 0.05) is 40.8 Å². The zero-order valence-corrected chi connectivity index (χ0v) is 12.5. The van der Waals surface area contributed by atoms with Crippen molar-refractivity contribution >= 4 is 34.3 Å². The molecule has 2 rings (SSSR count). The number of hydrogen-bond donors (Lipinski definition) is 2. The maximum absolute atomic E-state index is 12.3. The van der Waals surface area contributed by atoms with Gasteiger partial charge >= 0.3 is 5.97 Å². The van der Waals surface area contributed by atoms with Gasteiger partial charge in [0.2, 0.25) is 0 Å². The predicted octanol–water partition coefficient (Wildman–Crippen LogP) is 2.67. The van der Waals surface area contributed by atoms with E-state index >= 15 is 0 Å². The molecule has 0 spiro atoms. The Balaban J connectivity index is 2.37. The third kappa shape index (κ3) is 3.25. The lowest BCUT2D eigenvalue weighted by Crippen LogP contribution is -2.20. The van der Waals surface area contributed by atoms with Crippen LogP contribution in [0.5, 0.6) is 0 Å². The number of likely N-dealkylation sites (N-methyl/N-ethyl adjacent to an activating group) is 1. The Morgan fingerprint density at radius 3 is 2.86 bits per heavy atom. The quantitative estimate of drug-likeness (QED) is 0.506. The molecule has 1 heterocycles. The molecule has 110 valence electrons. The summed E-state index contributed by atoms with van der Waals surface area (Å²) in [6.07, 6.45) is 2.82. The summed E-state index contributed by atoms with van der Waals surface area (Å²) in [5.41, 5.74) is 1.36. The van der Waals surface area contributed by atoms with E-state index in [0.717, 1.165) is 5.52 Å². The molecule has 0 aliphatic carbocycles. The van der Waals surface area contributed by atoms with Gasteiger partial charge in [-0.1, -0.05) is 11.6 Å². The van der Waals surface area contributed by atoms with Gasteiger partial charge in [-0.3, -0.25) is 4.79 Å². The highest BCUT2D eigenvalue weighted by atomic mass is 35.5. The number of benzene rings is 1. The number of esters is 1. The fourth-order valence-corrected chi connectivity index (χ4v) is 2.12. The summed E-state index contributed by atoms with van der Waals surface area (Å²) in [5, 5.41) is 3.92. The van der Waals surface area contributed by atoms with Crippen molar-refractivity contribution in [1.82, 2.24) is 10.3 Å². The molecule has 0 aliphatic rings. The maximum Gasteiger partial charge on any atom is 0.354 e. The number of aromatic amines is 1. The van der Waals surface area contributed by atoms with Crippen molar-refractivity contribution in [3.05, 3.63) is 46.8 Å². The Hall–Kier alpha value is -2.27. The highest BCUT2D eigenvalue weighted by Crippen LogP contribution is 2.23. The molecule has 0 bridgehead atoms. The second kappa shape index (κ2) is 6.45. The molecule has 2 aromatic rings. The first-order valence-corrected chi connectivity index (χ1v) is 6.82. The summed E-state index contributed by atoms with van der Waals surface area (Å²) in [6, 6.07) is 5.24. The Morgan fingerprint density at radius 2 is 2.19 bits per heavy atom. The summed E-state index contributed by atoms with van der Waals surface area (Å²) >= 11 is 5.95. The Morgan fingerprint density at radius 1 is 1.43 bits per heavy atom. The molecule has 1 aromatic carbocycles. The third-order valence-corrected chi connectivity index (χ3v) is 3.18. The van der Waals surface area contributed by atoms with Gasteiger partial charge in [0.05, 0.1) is 6.61 Å². The minimum atomic E-state index is -0.564. The molecule has 1 aromatic heterocycles. The van der Waals surface area contributed by atoms with E-state index in [1.54, 1.807) is 38.4 Å². The van der Waals surface area contributed by atoms with Crippen molar-refractivity contribution in [2.24, 2.45) is 0 Å². The van der Waals surface area contributed by atoms with Gasteiger partial charge in [0.25, 0.3) is 0 Å². The van der Waals surface area contributed by atoms with Gasteiger partial charge in [-0.05, 0) is 25.1 Å². The molecule has 0 saturated carbocycles. The van der Waals surface area contributed by atoms with Crippen molar-refractivity contribution in [3.8, 4) is 0 Å². The van der Waals surface area contributed by atoms with Crippen LogP contribution in [-0.2, 0) is 9.53 Å². The molecule has 21 heavy (non-hydrogen) atoms. The van der Waals surface area contributed by atoms with Gasteiger partial charge in [0.15, 0.2) is 5.78 Å². The SMILES string of the molecule is CCOC(=O)/C(=C/C(=O)c1c[nH]c2ccc(Cl)cc12)NC. The topological polar surface area (TPSA) is 71.2 Å². The van der Waals surface area contributed by atoms with Crippen LogP contribution in [0.2, 0.25) is 5.02 Å². The Labute approximate surface area is 126 Å². The number of carbonyl (C=O) groups is 2. The molecule has 0 fully saturated rings. The van der Waals surface area contributed by atoms with Gasteiger partial charge in [-0.15, -0.1) is 0 Å². The van der Waals surface area contributed by atoms with Crippen LogP contribution in [-0.4, -0.2) is 30.4 Å². The predicted molar refractivity (Wildman–Crippen MR) is 81.4 cm³/mol. The van der Waals surface area contributed by atoms with Gasteiger partial charge < -0.3 is 15.0 Å². The lowest BCUT2D eigenvalue weighted by atomic mass is 10.1. The second-order valence-electron chi connectivity index (χ2n) is 4.28. The van der Waals surface area contributed by atoms with Crippen LogP contribution >= 0.6 is 11.6 Å². The lowest BCUT2D eigenvalue weighted by molar-refractivity contribution is -0.138. The van der Waals surface area contributed by atoms with Crippen molar-refractivity contribution in [1.29, 1.82) is 0 Å². The normalized spacial score (nSPS) is 11.5. The van der Waals surface area contributed by atoms with E-state index in [1.807, 2.05) is 0 Å². The average Bonchev–Trinajstić information content (AvgIpc) is 2.87. The fourth-order valence-electron chi connectivity index (χ4n) is 1.95. The Kier molecular flexibility index (Phi) is 4.65. The summed E-state index contributed by atoms with van der Waals surface area (Å²) < 4.78 is 4.87. The number of fused-ring (bicyclic) bond motifs is 1. The summed E-state index contributed by atoms with van der Waals surface area (Å²) in [4.78, 5) is 27.0. The number of ketones is 1. The van der Waals surface area contributed by atoms with E-state index in [4.69, 9.17) is 16.3 Å². The molecular weight excluding hydrogens is 292 g/mol. The maximum atomic E-state index is 12.3. The van der Waals surface area contributed by atoms with E-state index < -0.39 is 5.97 Å². The van der Waals surface area contributed by atoms with E-state index in [-0.39, 0.29) is 18.1 Å². The number of rotatable bonds is 5. The van der Waals surface area contributed by atoms with Crippen LogP contribution < -0.4 is 5.32 Å². The molecular formula is C15H15ClN2O3. The molecule has 0 amide bonds. The largest absolute Gasteiger partial charge is 0.461 e.